The van der Waals surface area contributed by atoms with Crippen LogP contribution in [-0.2, 0) is 59.0 Å². The van der Waals surface area contributed by atoms with Gasteiger partial charge in [-0.3, -0.25) is 19.2 Å². The molecule has 6 fully saturated rings. The quantitative estimate of drug-likeness (QED) is 0.101. The number of likely N-dealkylation sites (tertiary alicyclic amines) is 1. The first-order chi connectivity index (χ1) is 27.9. The number of benzene rings is 1. The number of rotatable bonds is 17. The second-order valence-corrected chi connectivity index (χ2v) is 17.4. The summed E-state index contributed by atoms with van der Waals surface area (Å²) in [5, 5.41) is 13.7. The van der Waals surface area contributed by atoms with E-state index in [1.54, 1.807) is 42.0 Å². The topological polar surface area (TPSA) is 179 Å². The highest BCUT2D eigenvalue weighted by Crippen LogP contribution is 2.59. The lowest BCUT2D eigenvalue weighted by Gasteiger charge is -2.50. The van der Waals surface area contributed by atoms with Gasteiger partial charge in [0.2, 0.25) is 17.9 Å². The molecule has 58 heavy (non-hydrogen) atoms. The highest BCUT2D eigenvalue weighted by atomic mass is 16.8. The van der Waals surface area contributed by atoms with Crippen LogP contribution in [0.3, 0.4) is 0 Å². The van der Waals surface area contributed by atoms with Crippen LogP contribution in [0.4, 0.5) is 0 Å². The molecule has 15 nitrogen and oxygen atoms in total. The number of esters is 3. The number of nitrogens with zero attached hydrogens (tertiary/aromatic N) is 2. The predicted molar refractivity (Wildman–Crippen MR) is 207 cm³/mol. The van der Waals surface area contributed by atoms with Crippen LogP contribution in [0.5, 0.6) is 0 Å². The highest BCUT2D eigenvalue weighted by molar-refractivity contribution is 5.96. The fourth-order valence-electron chi connectivity index (χ4n) is 9.69. The van der Waals surface area contributed by atoms with Crippen molar-refractivity contribution in [3.05, 3.63) is 41.5 Å². The van der Waals surface area contributed by atoms with Crippen molar-refractivity contribution in [2.24, 2.45) is 10.8 Å². The van der Waals surface area contributed by atoms with Crippen LogP contribution in [0, 0.1) is 10.8 Å². The normalized spacial score (nSPS) is 31.9. The van der Waals surface area contributed by atoms with Crippen molar-refractivity contribution in [2.45, 2.75) is 153 Å². The van der Waals surface area contributed by atoms with Gasteiger partial charge < -0.3 is 39.0 Å². The lowest BCUT2D eigenvalue weighted by molar-refractivity contribution is -0.225. The largest absolute Gasteiger partial charge is 0.462 e. The Bertz CT molecular complexity index is 1720. The number of carbonyl (C=O) groups excluding carboxylic acids is 5. The van der Waals surface area contributed by atoms with E-state index < -0.39 is 77.1 Å². The summed E-state index contributed by atoms with van der Waals surface area (Å²) in [5.41, 5.74) is -0.585. The molecule has 1 aliphatic carbocycles. The molecule has 2 bridgehead atoms. The van der Waals surface area contributed by atoms with E-state index in [2.05, 4.69) is 19.2 Å². The van der Waals surface area contributed by atoms with Crippen molar-refractivity contribution in [2.75, 3.05) is 26.3 Å². The number of fused-ring (bicyclic) bond motifs is 4. The number of nitrogens with one attached hydrogen (secondary N) is 1. The van der Waals surface area contributed by atoms with Gasteiger partial charge in [-0.05, 0) is 42.9 Å². The van der Waals surface area contributed by atoms with Crippen LogP contribution < -0.4 is 5.32 Å². The molecular weight excluding hydrogens is 750 g/mol. The molecule has 5 aliphatic heterocycles. The molecule has 15 heteroatoms. The van der Waals surface area contributed by atoms with Gasteiger partial charge in [0, 0.05) is 43.8 Å². The van der Waals surface area contributed by atoms with Crippen molar-refractivity contribution in [3.8, 4) is 0 Å². The first-order valence-corrected chi connectivity index (χ1v) is 21.2. The summed E-state index contributed by atoms with van der Waals surface area (Å²) in [4.78, 5) is 76.0. The Kier molecular flexibility index (Phi) is 12.7. The maximum atomic E-state index is 15.2. The van der Waals surface area contributed by atoms with Gasteiger partial charge in [-0.1, -0.05) is 77.6 Å². The number of amides is 2. The van der Waals surface area contributed by atoms with Crippen molar-refractivity contribution in [1.29, 1.82) is 0 Å². The van der Waals surface area contributed by atoms with Crippen LogP contribution in [0.15, 0.2) is 30.3 Å². The molecule has 318 valence electrons. The Morgan fingerprint density at radius 2 is 1.69 bits per heavy atom. The van der Waals surface area contributed by atoms with E-state index in [1.807, 2.05) is 12.1 Å². The van der Waals surface area contributed by atoms with Gasteiger partial charge in [0.25, 0.3) is 0 Å². The summed E-state index contributed by atoms with van der Waals surface area (Å²) in [6.07, 6.45) is 7.32. The molecule has 1 aromatic rings. The van der Waals surface area contributed by atoms with Crippen LogP contribution in [0.25, 0.3) is 6.08 Å². The third-order valence-electron chi connectivity index (χ3n) is 12.7. The van der Waals surface area contributed by atoms with Crippen molar-refractivity contribution in [3.63, 3.8) is 0 Å². The maximum absolute atomic E-state index is 15.2. The van der Waals surface area contributed by atoms with Gasteiger partial charge in [-0.25, -0.2) is 9.59 Å². The number of unbranched alkanes of at least 4 members (excludes halogenated alkanes) is 4. The first-order valence-electron chi connectivity index (χ1n) is 21.2. The minimum Gasteiger partial charge on any atom is -0.462 e. The summed E-state index contributed by atoms with van der Waals surface area (Å²) in [7, 11) is 0. The molecule has 2 N–H and O–H groups in total. The molecule has 7 rings (SSSR count). The number of aliphatic hydroxyl groups is 1. The molecule has 0 spiro atoms. The molecular formula is C43H59N3O12. The number of hydrogen-bond acceptors (Lipinski definition) is 13. The SMILES string of the molecule is CCCCCC1(CCCCC)O[C@@H]2[C@H](O1)[C@H]1ON(Cc3ccc(C=CC(=O)O[C@H]4C(=O)OCC4(C)C)cc3)[C@@H]3C(=O)O[C@@H]2C[C@]13C(=O)N1CCC[C@@H]1C(=O)NCCO. The fraction of sp³-hybridized carbons (Fsp3) is 0.698. The van der Waals surface area contributed by atoms with Crippen LogP contribution >= 0.6 is 0 Å². The minimum absolute atomic E-state index is 0.0695. The average Bonchev–Trinajstić information content (AvgIpc) is 3.98. The lowest BCUT2D eigenvalue weighted by Crippen LogP contribution is -2.70. The number of carbonyl (C=O) groups is 5. The second-order valence-electron chi connectivity index (χ2n) is 17.4. The van der Waals surface area contributed by atoms with Crippen molar-refractivity contribution >= 4 is 35.8 Å². The zero-order valence-electron chi connectivity index (χ0n) is 34.2. The Morgan fingerprint density at radius 3 is 2.34 bits per heavy atom. The number of cyclic esters (lactones) is 1. The molecule has 0 unspecified atom stereocenters. The van der Waals surface area contributed by atoms with E-state index in [0.717, 1.165) is 44.1 Å². The van der Waals surface area contributed by atoms with Gasteiger partial charge in [-0.15, -0.1) is 0 Å². The van der Waals surface area contributed by atoms with E-state index in [4.69, 9.17) is 28.5 Å². The third kappa shape index (κ3) is 8.04. The molecule has 0 radical (unpaired) electrons. The summed E-state index contributed by atoms with van der Waals surface area (Å²) in [5.74, 6) is -3.41. The highest BCUT2D eigenvalue weighted by Gasteiger charge is 2.77. The van der Waals surface area contributed by atoms with E-state index in [1.165, 1.54) is 6.08 Å². The predicted octanol–water partition coefficient (Wildman–Crippen LogP) is 3.73. The van der Waals surface area contributed by atoms with Crippen LogP contribution in [-0.4, -0.2) is 119 Å². The lowest BCUT2D eigenvalue weighted by atomic mass is 9.62. The first kappa shape index (κ1) is 42.2. The third-order valence-corrected chi connectivity index (χ3v) is 12.7. The van der Waals surface area contributed by atoms with Gasteiger partial charge >= 0.3 is 17.9 Å². The van der Waals surface area contributed by atoms with Crippen LogP contribution in [0.1, 0.15) is 109 Å². The monoisotopic (exact) mass is 809 g/mol. The summed E-state index contributed by atoms with van der Waals surface area (Å²) in [6.45, 7) is 8.37. The summed E-state index contributed by atoms with van der Waals surface area (Å²) < 4.78 is 30.5. The zero-order valence-corrected chi connectivity index (χ0v) is 34.2. The Hall–Kier alpha value is -3.89. The minimum atomic E-state index is -1.42. The molecule has 1 aromatic carbocycles. The maximum Gasteiger partial charge on any atom is 0.348 e. The number of hydroxylamine groups is 2. The Labute approximate surface area is 340 Å². The van der Waals surface area contributed by atoms with Gasteiger partial charge in [0.05, 0.1) is 13.2 Å². The molecule has 5 saturated heterocycles. The second kappa shape index (κ2) is 17.4. The smallest absolute Gasteiger partial charge is 0.348 e. The molecule has 6 aliphatic rings. The molecule has 5 heterocycles. The molecule has 2 amide bonds. The molecule has 0 aromatic heterocycles. The molecule has 1 saturated carbocycles. The number of aliphatic hydroxyl groups excluding tert-OH is 1. The summed E-state index contributed by atoms with van der Waals surface area (Å²) >= 11 is 0. The fourth-order valence-corrected chi connectivity index (χ4v) is 9.69. The number of hydrogen-bond donors (Lipinski definition) is 2. The van der Waals surface area contributed by atoms with Gasteiger partial charge in [0.15, 0.2) is 11.8 Å². The average molecular weight is 810 g/mol. The Morgan fingerprint density at radius 1 is 0.983 bits per heavy atom. The standard InChI is InChI=1S/C43H59N3O12/c1-5-7-9-19-42(20-10-8-6-2)56-32-30-24-43(40(52)45-22-11-12-29(45)37(49)44-21-23-47)34(38(50)54-30)46(58-35(43)33(32)57-42)25-28-15-13-27(14-16-28)17-18-31(48)55-36-39(51)53-26-41(36,3)4/h13-18,29-30,32-36,47H,5-12,19-26H2,1-4H3,(H,44,49)/t29-,30-,32+,33+,34-,35-,36+,43-/m1/s1. The summed E-state index contributed by atoms with van der Waals surface area (Å²) in [6, 6.07) is 5.41. The van der Waals surface area contributed by atoms with E-state index >= 15 is 4.79 Å². The molecule has 8 atom stereocenters. The number of ether oxygens (including phenoxy) is 5. The van der Waals surface area contributed by atoms with Crippen molar-refractivity contribution < 1.29 is 57.6 Å². The Balaban J connectivity index is 1.16. The van der Waals surface area contributed by atoms with Gasteiger partial charge in [0.1, 0.15) is 42.5 Å². The van der Waals surface area contributed by atoms with Gasteiger partial charge in [-0.2, -0.15) is 5.06 Å². The van der Waals surface area contributed by atoms with Crippen LogP contribution in [0.2, 0.25) is 0 Å². The van der Waals surface area contributed by atoms with E-state index in [9.17, 15) is 24.3 Å². The van der Waals surface area contributed by atoms with E-state index in [-0.39, 0.29) is 44.5 Å². The van der Waals surface area contributed by atoms with Crippen molar-refractivity contribution in [1.82, 2.24) is 15.3 Å². The zero-order chi connectivity index (χ0) is 41.2. The van der Waals surface area contributed by atoms with E-state index in [0.29, 0.717) is 37.8 Å².